The molecule has 1 saturated heterocycles. The van der Waals surface area contributed by atoms with E-state index < -0.39 is 58.3 Å². The SMILES string of the molecule is [N-]=[N+]=Nc1nc2c(=O)[nH]c(N)nc2n1[C@@H]1O[C@H](COP(=O)(O)OP(=O)(O)O)[C@@H](O)[C@H]1O. The number of nitrogens with one attached hydrogen (secondary N) is 1. The number of hydrogen-bond donors (Lipinski definition) is 7. The molecule has 2 aromatic heterocycles. The average Bonchev–Trinajstić information content (AvgIpc) is 3.10. The number of aromatic nitrogens is 4. The summed E-state index contributed by atoms with van der Waals surface area (Å²) in [7, 11) is -10.6. The van der Waals surface area contributed by atoms with Crippen molar-refractivity contribution in [2.75, 3.05) is 12.3 Å². The number of ether oxygens (including phenoxy) is 1. The van der Waals surface area contributed by atoms with Gasteiger partial charge in [-0.05, 0) is 10.6 Å². The summed E-state index contributed by atoms with van der Waals surface area (Å²) in [6.07, 6.45) is -6.71. The lowest BCUT2D eigenvalue weighted by Crippen LogP contribution is -2.33. The van der Waals surface area contributed by atoms with Crippen molar-refractivity contribution in [2.45, 2.75) is 24.5 Å². The number of aliphatic hydroxyl groups excluding tert-OH is 2. The van der Waals surface area contributed by atoms with Gasteiger partial charge in [0, 0.05) is 4.91 Å². The summed E-state index contributed by atoms with van der Waals surface area (Å²) in [5, 5.41) is 23.8. The highest BCUT2D eigenvalue weighted by Gasteiger charge is 2.46. The standard InChI is InChI=1S/C10H14N8O11P2/c11-9-14-6-3(7(21)15-9)13-10(16-17-12)18(6)8-5(20)4(19)2(28-8)1-27-31(25,26)29-30(22,23)24/h2,4-5,8,19-20H,1H2,(H,25,26)(H2,22,23,24)(H3,11,14,15,21)/t2-,4-,5-,8-/m1/s1. The number of H-pyrrole nitrogens is 1. The van der Waals surface area contributed by atoms with E-state index >= 15 is 0 Å². The minimum absolute atomic E-state index is 0.279. The maximum atomic E-state index is 12.0. The van der Waals surface area contributed by atoms with Crippen LogP contribution in [0.15, 0.2) is 9.91 Å². The van der Waals surface area contributed by atoms with Gasteiger partial charge in [0.15, 0.2) is 17.4 Å². The molecule has 19 nitrogen and oxygen atoms in total. The number of aliphatic hydroxyl groups is 2. The summed E-state index contributed by atoms with van der Waals surface area (Å²) in [5.74, 6) is -0.841. The third-order valence-electron chi connectivity index (χ3n) is 3.89. The van der Waals surface area contributed by atoms with Gasteiger partial charge in [0.2, 0.25) is 11.9 Å². The minimum atomic E-state index is -5.38. The van der Waals surface area contributed by atoms with Gasteiger partial charge in [-0.3, -0.25) is 18.9 Å². The monoisotopic (exact) mass is 484 g/mol. The number of phosphoric ester groups is 1. The van der Waals surface area contributed by atoms with E-state index in [4.69, 9.17) is 25.8 Å². The van der Waals surface area contributed by atoms with Crippen molar-refractivity contribution in [1.82, 2.24) is 19.5 Å². The molecule has 1 unspecified atom stereocenters. The van der Waals surface area contributed by atoms with E-state index in [1.54, 1.807) is 0 Å². The molecule has 0 bridgehead atoms. The number of anilines is 1. The van der Waals surface area contributed by atoms with Crippen LogP contribution in [0.3, 0.4) is 0 Å². The van der Waals surface area contributed by atoms with Crippen LogP contribution in [0.25, 0.3) is 21.6 Å². The maximum Gasteiger partial charge on any atom is 0.481 e. The van der Waals surface area contributed by atoms with Crippen LogP contribution < -0.4 is 11.3 Å². The van der Waals surface area contributed by atoms with Crippen LogP contribution in [0, 0.1) is 0 Å². The van der Waals surface area contributed by atoms with Gasteiger partial charge >= 0.3 is 15.6 Å². The zero-order valence-corrected chi connectivity index (χ0v) is 16.6. The summed E-state index contributed by atoms with van der Waals surface area (Å²) in [5.41, 5.74) is 12.8. The van der Waals surface area contributed by atoms with E-state index in [1.807, 2.05) is 0 Å². The third-order valence-corrected chi connectivity index (χ3v) is 6.04. The van der Waals surface area contributed by atoms with Gasteiger partial charge in [-0.1, -0.05) is 0 Å². The van der Waals surface area contributed by atoms with Crippen molar-refractivity contribution in [3.05, 3.63) is 20.8 Å². The first kappa shape index (κ1) is 23.3. The number of fused-ring (bicyclic) bond motifs is 1. The van der Waals surface area contributed by atoms with E-state index in [-0.39, 0.29) is 17.1 Å². The second-order valence-electron chi connectivity index (χ2n) is 5.98. The van der Waals surface area contributed by atoms with Crippen molar-refractivity contribution in [1.29, 1.82) is 0 Å². The zero-order chi connectivity index (χ0) is 23.1. The number of aromatic amines is 1. The molecular weight excluding hydrogens is 470 g/mol. The first-order valence-electron chi connectivity index (χ1n) is 7.91. The van der Waals surface area contributed by atoms with Gasteiger partial charge in [0.25, 0.3) is 5.56 Å². The number of rotatable bonds is 7. The summed E-state index contributed by atoms with van der Waals surface area (Å²) in [6.45, 7) is -0.970. The lowest BCUT2D eigenvalue weighted by molar-refractivity contribution is -0.0495. The molecule has 0 saturated carbocycles. The molecular formula is C10H14N8O11P2. The van der Waals surface area contributed by atoms with Crippen molar-refractivity contribution in [3.8, 4) is 0 Å². The van der Waals surface area contributed by atoms with Crippen molar-refractivity contribution in [3.63, 3.8) is 0 Å². The van der Waals surface area contributed by atoms with E-state index in [2.05, 4.69) is 33.8 Å². The Kier molecular flexibility index (Phi) is 6.21. The minimum Gasteiger partial charge on any atom is -0.387 e. The van der Waals surface area contributed by atoms with E-state index in [9.17, 15) is 29.0 Å². The molecule has 0 aromatic carbocycles. The number of nitrogens with two attached hydrogens (primary N) is 1. The Bertz CT molecular complexity index is 1200. The fraction of sp³-hybridized carbons (Fsp3) is 0.500. The summed E-state index contributed by atoms with van der Waals surface area (Å²) in [4.78, 5) is 50.8. The lowest BCUT2D eigenvalue weighted by Gasteiger charge is -2.18. The highest BCUT2D eigenvalue weighted by Crippen LogP contribution is 2.57. The van der Waals surface area contributed by atoms with E-state index in [0.717, 1.165) is 4.57 Å². The number of hydrogen-bond acceptors (Lipinski definition) is 12. The molecule has 0 amide bonds. The number of nitrogens with zero attached hydrogens (tertiary/aromatic N) is 6. The fourth-order valence-electron chi connectivity index (χ4n) is 2.74. The van der Waals surface area contributed by atoms with Gasteiger partial charge in [0.1, 0.15) is 18.3 Å². The van der Waals surface area contributed by atoms with Crippen molar-refractivity contribution < 1.29 is 47.6 Å². The second kappa shape index (κ2) is 8.27. The molecule has 0 aliphatic carbocycles. The smallest absolute Gasteiger partial charge is 0.387 e. The Morgan fingerprint density at radius 3 is 2.58 bits per heavy atom. The highest BCUT2D eigenvalue weighted by molar-refractivity contribution is 7.60. The number of phosphoric acid groups is 2. The molecule has 8 N–H and O–H groups in total. The van der Waals surface area contributed by atoms with Crippen molar-refractivity contribution >= 4 is 38.7 Å². The Morgan fingerprint density at radius 2 is 1.97 bits per heavy atom. The van der Waals surface area contributed by atoms with Crippen molar-refractivity contribution in [2.24, 2.45) is 5.11 Å². The molecule has 5 atom stereocenters. The Hall–Kier alpha value is -2.40. The van der Waals surface area contributed by atoms with Crippen LogP contribution in [0.2, 0.25) is 0 Å². The highest BCUT2D eigenvalue weighted by atomic mass is 31.3. The molecule has 0 radical (unpaired) electrons. The van der Waals surface area contributed by atoms with Gasteiger partial charge in [0.05, 0.1) is 6.61 Å². The molecule has 170 valence electrons. The molecule has 1 fully saturated rings. The molecule has 31 heavy (non-hydrogen) atoms. The first-order valence-corrected chi connectivity index (χ1v) is 10.9. The number of imidazole rings is 1. The number of nitrogen functional groups attached to an aromatic ring is 1. The Labute approximate surface area is 169 Å². The van der Waals surface area contributed by atoms with Gasteiger partial charge in [-0.15, -0.1) is 0 Å². The van der Waals surface area contributed by atoms with Crippen LogP contribution in [0.5, 0.6) is 0 Å². The Morgan fingerprint density at radius 1 is 1.29 bits per heavy atom. The summed E-state index contributed by atoms with van der Waals surface area (Å²) < 4.78 is 36.5. The normalized spacial score (nSPS) is 26.0. The number of azide groups is 1. The van der Waals surface area contributed by atoms with Gasteiger partial charge < -0.3 is 35.4 Å². The summed E-state index contributed by atoms with van der Waals surface area (Å²) in [6, 6.07) is 0. The third kappa shape index (κ3) is 4.93. The molecule has 1 aliphatic heterocycles. The summed E-state index contributed by atoms with van der Waals surface area (Å²) >= 11 is 0. The van der Waals surface area contributed by atoms with Crippen LogP contribution in [0.1, 0.15) is 6.23 Å². The molecule has 1 aliphatic rings. The largest absolute Gasteiger partial charge is 0.481 e. The Balaban J connectivity index is 1.93. The average molecular weight is 484 g/mol. The fourth-order valence-corrected chi connectivity index (χ4v) is 4.34. The maximum absolute atomic E-state index is 12.0. The molecule has 21 heteroatoms. The second-order valence-corrected chi connectivity index (χ2v) is 8.81. The predicted octanol–water partition coefficient (Wildman–Crippen LogP) is -1.51. The van der Waals surface area contributed by atoms with Crippen LogP contribution in [0.4, 0.5) is 11.9 Å². The van der Waals surface area contributed by atoms with Crippen LogP contribution in [-0.4, -0.2) is 69.3 Å². The predicted molar refractivity (Wildman–Crippen MR) is 96.2 cm³/mol. The van der Waals surface area contributed by atoms with E-state index in [0.29, 0.717) is 0 Å². The van der Waals surface area contributed by atoms with Crippen LogP contribution >= 0.6 is 15.6 Å². The molecule has 3 rings (SSSR count). The quantitative estimate of drug-likeness (QED) is 0.102. The first-order chi connectivity index (χ1) is 14.3. The topological polar surface area (TPSA) is 301 Å². The van der Waals surface area contributed by atoms with Gasteiger partial charge in [-0.2, -0.15) is 9.29 Å². The van der Waals surface area contributed by atoms with Crippen LogP contribution in [-0.2, 0) is 22.7 Å². The lowest BCUT2D eigenvalue weighted by atomic mass is 10.1. The van der Waals surface area contributed by atoms with E-state index in [1.165, 1.54) is 0 Å². The molecule has 2 aromatic rings. The molecule has 3 heterocycles. The molecule has 0 spiro atoms. The van der Waals surface area contributed by atoms with Gasteiger partial charge in [-0.25, -0.2) is 14.1 Å². The zero-order valence-electron chi connectivity index (χ0n) is 14.9.